The van der Waals surface area contributed by atoms with Crippen LogP contribution in [0.25, 0.3) is 33.4 Å². The van der Waals surface area contributed by atoms with Gasteiger partial charge in [0, 0.05) is 118 Å². The molecule has 4 aromatic rings. The molecule has 350 valence electrons. The first-order valence-corrected chi connectivity index (χ1v) is 23.9. The number of carbonyl (C=O) groups is 4. The molecule has 3 aromatic heterocycles. The van der Waals surface area contributed by atoms with Crippen molar-refractivity contribution < 1.29 is 28.7 Å². The summed E-state index contributed by atoms with van der Waals surface area (Å²) in [5.74, 6) is -1.50. The van der Waals surface area contributed by atoms with Gasteiger partial charge >= 0.3 is 12.0 Å². The molecule has 8 rings (SSSR count). The first-order valence-electron chi connectivity index (χ1n) is 23.0. The van der Waals surface area contributed by atoms with Crippen LogP contribution in [0.5, 0.6) is 0 Å². The summed E-state index contributed by atoms with van der Waals surface area (Å²) in [6, 6.07) is 7.63. The average molecular weight is 911 g/mol. The number of nitrogens with zero attached hydrogens (tertiary/aromatic N) is 8. The highest BCUT2D eigenvalue weighted by atomic mass is 32.1. The zero-order valence-corrected chi connectivity index (χ0v) is 40.5. The van der Waals surface area contributed by atoms with E-state index in [1.165, 1.54) is 21.2 Å². The number of hydrazine groups is 2. The molecule has 4 aliphatic heterocycles. The van der Waals surface area contributed by atoms with Gasteiger partial charge in [0.05, 0.1) is 34.8 Å². The lowest BCUT2D eigenvalue weighted by Crippen LogP contribution is -2.75. The van der Waals surface area contributed by atoms with E-state index in [0.717, 1.165) is 57.8 Å². The molecule has 3 saturated heterocycles. The quantitative estimate of drug-likeness (QED) is 0.208. The minimum atomic E-state index is -1.04. The van der Waals surface area contributed by atoms with Crippen LogP contribution in [0.3, 0.4) is 0 Å². The molecule has 4 atom stereocenters. The van der Waals surface area contributed by atoms with E-state index in [1.807, 2.05) is 51.2 Å². The molecule has 16 nitrogen and oxygen atoms in total. The lowest BCUT2D eigenvalue weighted by atomic mass is 9.74. The molecule has 1 spiro atoms. The Morgan fingerprint density at radius 3 is 2.54 bits per heavy atom. The van der Waals surface area contributed by atoms with Crippen molar-refractivity contribution in [2.75, 3.05) is 67.6 Å². The summed E-state index contributed by atoms with van der Waals surface area (Å²) < 4.78 is 14.3. The molecule has 0 saturated carbocycles. The van der Waals surface area contributed by atoms with E-state index in [-0.39, 0.29) is 42.4 Å². The van der Waals surface area contributed by atoms with E-state index < -0.39 is 35.4 Å². The highest BCUT2D eigenvalue weighted by molar-refractivity contribution is 7.10. The number of ether oxygens (including phenoxy) is 2. The van der Waals surface area contributed by atoms with E-state index >= 15 is 0 Å². The van der Waals surface area contributed by atoms with Crippen LogP contribution in [0.15, 0.2) is 41.9 Å². The SMILES string of the molecule is CCn1c(-c2cccnc2[C@H](C)OC)c2c3cc(ccc31)-c1csc(n1)C[C@H](NC(=O)[C@H](C(C)C)N(C)C(=O)N1CC3(C1)CN(N(C)C)C3)C(=O)N1CCC[C@H](N1)C(=O)OCC(C)(C)C2. The van der Waals surface area contributed by atoms with Crippen LogP contribution in [-0.2, 0) is 43.2 Å². The second-order valence-corrected chi connectivity index (χ2v) is 20.8. The molecule has 4 amide bonds. The first kappa shape index (κ1) is 46.6. The first-order chi connectivity index (χ1) is 30.9. The number of likely N-dealkylation sites (N-methyl/N-ethyl adjacent to an activating group) is 1. The Bertz CT molecular complexity index is 2430. The van der Waals surface area contributed by atoms with Gasteiger partial charge in [-0.3, -0.25) is 24.4 Å². The van der Waals surface area contributed by atoms with Gasteiger partial charge in [0.1, 0.15) is 18.1 Å². The van der Waals surface area contributed by atoms with Gasteiger partial charge in [0.25, 0.3) is 5.91 Å². The number of urea groups is 1. The maximum atomic E-state index is 14.6. The van der Waals surface area contributed by atoms with Crippen molar-refractivity contribution in [2.45, 2.75) is 98.0 Å². The van der Waals surface area contributed by atoms with Gasteiger partial charge in [-0.25, -0.2) is 25.2 Å². The Kier molecular flexibility index (Phi) is 13.2. The minimum absolute atomic E-state index is 0.0871. The smallest absolute Gasteiger partial charge is 0.324 e. The van der Waals surface area contributed by atoms with Crippen molar-refractivity contribution in [2.24, 2.45) is 16.7 Å². The van der Waals surface area contributed by atoms with Crippen LogP contribution in [0, 0.1) is 16.7 Å². The van der Waals surface area contributed by atoms with E-state index in [1.54, 1.807) is 20.4 Å². The fraction of sp³-hybridized carbons (Fsp3) is 0.583. The maximum Gasteiger partial charge on any atom is 0.324 e. The Morgan fingerprint density at radius 1 is 1.09 bits per heavy atom. The van der Waals surface area contributed by atoms with Crippen LogP contribution in [0.2, 0.25) is 0 Å². The van der Waals surface area contributed by atoms with Crippen LogP contribution >= 0.6 is 11.3 Å². The zero-order chi connectivity index (χ0) is 46.5. The normalized spacial score (nSPS) is 22.0. The number of hydrogen-bond acceptors (Lipinski definition) is 12. The summed E-state index contributed by atoms with van der Waals surface area (Å²) in [5, 5.41) is 12.6. The molecule has 65 heavy (non-hydrogen) atoms. The lowest BCUT2D eigenvalue weighted by molar-refractivity contribution is -0.176. The lowest BCUT2D eigenvalue weighted by Gasteiger charge is -2.61. The summed E-state index contributed by atoms with van der Waals surface area (Å²) in [6.45, 7) is 16.4. The topological polar surface area (TPSA) is 158 Å². The second kappa shape index (κ2) is 18.4. The van der Waals surface area contributed by atoms with Crippen molar-refractivity contribution in [3.8, 4) is 22.5 Å². The molecular formula is C48H66N10O6S. The van der Waals surface area contributed by atoms with Gasteiger partial charge in [0.2, 0.25) is 5.91 Å². The number of rotatable bonds is 9. The van der Waals surface area contributed by atoms with E-state index in [0.29, 0.717) is 50.4 Å². The summed E-state index contributed by atoms with van der Waals surface area (Å²) in [5.41, 5.74) is 9.50. The number of nitrogens with one attached hydrogen (secondary N) is 2. The Labute approximate surface area is 386 Å². The number of aromatic nitrogens is 3. The maximum absolute atomic E-state index is 14.6. The molecule has 0 unspecified atom stereocenters. The van der Waals surface area contributed by atoms with Gasteiger partial charge in [-0.2, -0.15) is 0 Å². The molecule has 17 heteroatoms. The third-order valence-electron chi connectivity index (χ3n) is 13.7. The van der Waals surface area contributed by atoms with E-state index in [2.05, 4.69) is 70.4 Å². The zero-order valence-electron chi connectivity index (χ0n) is 39.6. The number of fused-ring (bicyclic) bond motifs is 6. The molecule has 0 aliphatic carbocycles. The number of thiazole rings is 1. The van der Waals surface area contributed by atoms with Crippen molar-refractivity contribution in [3.63, 3.8) is 0 Å². The Hall–Kier alpha value is -4.94. The summed E-state index contributed by atoms with van der Waals surface area (Å²) >= 11 is 1.43. The van der Waals surface area contributed by atoms with Crippen molar-refractivity contribution in [1.82, 2.24) is 50.1 Å². The second-order valence-electron chi connectivity index (χ2n) is 19.9. The Morgan fingerprint density at radius 2 is 1.85 bits per heavy atom. The molecule has 6 bridgehead atoms. The highest BCUT2D eigenvalue weighted by Gasteiger charge is 2.55. The molecule has 4 aliphatic rings. The van der Waals surface area contributed by atoms with Crippen molar-refractivity contribution >= 4 is 46.1 Å². The predicted octanol–water partition coefficient (Wildman–Crippen LogP) is 5.37. The van der Waals surface area contributed by atoms with Gasteiger partial charge in [-0.15, -0.1) is 11.3 Å². The number of carbonyl (C=O) groups excluding carboxylic acids is 4. The van der Waals surface area contributed by atoms with E-state index in [4.69, 9.17) is 19.4 Å². The van der Waals surface area contributed by atoms with E-state index in [9.17, 15) is 19.2 Å². The fourth-order valence-corrected chi connectivity index (χ4v) is 11.0. The molecule has 2 N–H and O–H groups in total. The number of methoxy groups -OCH3 is 1. The number of benzene rings is 1. The summed E-state index contributed by atoms with van der Waals surface area (Å²) in [7, 11) is 7.41. The number of amides is 4. The molecular weight excluding hydrogens is 845 g/mol. The number of hydrogen-bond donors (Lipinski definition) is 2. The van der Waals surface area contributed by atoms with Crippen LogP contribution in [0.1, 0.15) is 76.8 Å². The fourth-order valence-electron chi connectivity index (χ4n) is 10.2. The molecule has 1 aromatic carbocycles. The van der Waals surface area contributed by atoms with Crippen LogP contribution in [0.4, 0.5) is 4.79 Å². The summed E-state index contributed by atoms with van der Waals surface area (Å²) in [6.07, 6.45) is 3.31. The molecule has 0 radical (unpaired) electrons. The largest absolute Gasteiger partial charge is 0.464 e. The van der Waals surface area contributed by atoms with Crippen LogP contribution < -0.4 is 10.7 Å². The van der Waals surface area contributed by atoms with Crippen molar-refractivity contribution in [1.29, 1.82) is 0 Å². The Balaban J connectivity index is 1.13. The number of aryl methyl sites for hydroxylation is 1. The highest BCUT2D eigenvalue weighted by Crippen LogP contribution is 2.43. The third kappa shape index (κ3) is 9.14. The van der Waals surface area contributed by atoms with Crippen molar-refractivity contribution in [3.05, 3.63) is 58.2 Å². The standard InChI is InChI=1S/C48H66N10O6S/c1-11-57-38-17-16-31-20-33(38)34(42(57)32-14-12-18-49-40(32)30(4)63-10)22-47(5,6)28-64-45(61)35-15-13-19-58(52-35)44(60)36(21-39-50-37(31)23-65-39)51-43(59)41(29(2)3)54(9)46(62)55-24-48(25-55)26-56(27-48)53(7)8/h12,14,16-18,20,23,29-30,35-36,41,52H,11,13,15,19,21-22,24-28H2,1-10H3,(H,51,59)/t30-,35-,36-,41-/m0/s1. The monoisotopic (exact) mass is 910 g/mol. The molecule has 3 fully saturated rings. The predicted molar refractivity (Wildman–Crippen MR) is 250 cm³/mol. The number of esters is 1. The third-order valence-corrected chi connectivity index (χ3v) is 14.6. The van der Waals surface area contributed by atoms with Gasteiger partial charge in [-0.1, -0.05) is 33.8 Å². The average Bonchev–Trinajstić information content (AvgIpc) is 3.84. The molecule has 7 heterocycles. The van der Waals surface area contributed by atoms with Gasteiger partial charge in [-0.05, 0) is 68.9 Å². The van der Waals surface area contributed by atoms with Gasteiger partial charge < -0.3 is 29.2 Å². The minimum Gasteiger partial charge on any atom is -0.464 e. The van der Waals surface area contributed by atoms with Gasteiger partial charge in [0.15, 0.2) is 0 Å². The van der Waals surface area contributed by atoms with Crippen LogP contribution in [-0.4, -0.2) is 149 Å². The number of pyridine rings is 1. The number of likely N-dealkylation sites (tertiary alicyclic amines) is 1. The number of cyclic esters (lactones) is 1. The summed E-state index contributed by atoms with van der Waals surface area (Å²) in [4.78, 5) is 70.1.